The van der Waals surface area contributed by atoms with Gasteiger partial charge >= 0.3 is 5.97 Å². The third kappa shape index (κ3) is 2.86. The van der Waals surface area contributed by atoms with Crippen LogP contribution < -0.4 is 5.32 Å². The number of rotatable bonds is 6. The van der Waals surface area contributed by atoms with E-state index in [1.165, 1.54) is 0 Å². The number of hydrogen-bond donors (Lipinski definition) is 2. The van der Waals surface area contributed by atoms with E-state index >= 15 is 0 Å². The first-order chi connectivity index (χ1) is 9.18. The maximum absolute atomic E-state index is 11.6. The van der Waals surface area contributed by atoms with Crippen molar-refractivity contribution in [2.24, 2.45) is 5.11 Å². The highest BCUT2D eigenvalue weighted by atomic mass is 16.4. The number of nitrogens with zero attached hydrogens (tertiary/aromatic N) is 3. The molecule has 0 saturated carbocycles. The molecular formula is C13H16N4O2. The summed E-state index contributed by atoms with van der Waals surface area (Å²) in [5, 5.41) is 16.0. The van der Waals surface area contributed by atoms with Crippen molar-refractivity contribution >= 4 is 5.97 Å². The Hall–Kier alpha value is -2.04. The summed E-state index contributed by atoms with van der Waals surface area (Å²) in [6.45, 7) is 0.908. The Morgan fingerprint density at radius 2 is 2.05 bits per heavy atom. The fraction of sp³-hybridized carbons (Fsp3) is 0.462. The number of carbonyl (C=O) groups is 1. The van der Waals surface area contributed by atoms with Crippen LogP contribution in [0.25, 0.3) is 10.4 Å². The SMILES string of the molecule is [N-]=[N+]=NCCCNC1(C(=O)O)Cc2ccccc2C1. The second kappa shape index (κ2) is 5.73. The summed E-state index contributed by atoms with van der Waals surface area (Å²) in [6, 6.07) is 7.81. The van der Waals surface area contributed by atoms with Gasteiger partial charge in [0.1, 0.15) is 5.54 Å². The molecule has 0 bridgehead atoms. The Labute approximate surface area is 111 Å². The quantitative estimate of drug-likeness (QED) is 0.353. The minimum absolute atomic E-state index is 0.381. The lowest BCUT2D eigenvalue weighted by atomic mass is 9.95. The van der Waals surface area contributed by atoms with Gasteiger partial charge in [0.2, 0.25) is 0 Å². The zero-order valence-electron chi connectivity index (χ0n) is 10.5. The molecule has 0 heterocycles. The van der Waals surface area contributed by atoms with E-state index < -0.39 is 11.5 Å². The molecule has 100 valence electrons. The second-order valence-electron chi connectivity index (χ2n) is 4.74. The van der Waals surface area contributed by atoms with Crippen LogP contribution >= 0.6 is 0 Å². The zero-order valence-corrected chi connectivity index (χ0v) is 10.5. The Morgan fingerprint density at radius 1 is 1.42 bits per heavy atom. The summed E-state index contributed by atoms with van der Waals surface area (Å²) >= 11 is 0. The molecule has 0 saturated heterocycles. The number of nitrogens with one attached hydrogen (secondary N) is 1. The first-order valence-electron chi connectivity index (χ1n) is 6.24. The normalized spacial score (nSPS) is 15.6. The summed E-state index contributed by atoms with van der Waals surface area (Å²) in [6.07, 6.45) is 1.63. The molecule has 1 aliphatic carbocycles. The van der Waals surface area contributed by atoms with Gasteiger partial charge in [0.15, 0.2) is 0 Å². The number of azide groups is 1. The van der Waals surface area contributed by atoms with Crippen LogP contribution in [0, 0.1) is 0 Å². The molecule has 0 fully saturated rings. The molecule has 6 heteroatoms. The molecule has 1 aromatic rings. The third-order valence-electron chi connectivity index (χ3n) is 3.47. The van der Waals surface area contributed by atoms with Gasteiger partial charge in [0.05, 0.1) is 0 Å². The monoisotopic (exact) mass is 260 g/mol. The number of carboxylic acids is 1. The van der Waals surface area contributed by atoms with Crippen molar-refractivity contribution in [1.82, 2.24) is 5.32 Å². The molecule has 0 aliphatic heterocycles. The lowest BCUT2D eigenvalue weighted by molar-refractivity contribution is -0.144. The van der Waals surface area contributed by atoms with Gasteiger partial charge < -0.3 is 10.4 Å². The van der Waals surface area contributed by atoms with Crippen LogP contribution in [0.4, 0.5) is 0 Å². The van der Waals surface area contributed by atoms with E-state index in [-0.39, 0.29) is 0 Å². The molecule has 0 atom stereocenters. The average molecular weight is 260 g/mol. The van der Waals surface area contributed by atoms with Crippen molar-refractivity contribution in [2.45, 2.75) is 24.8 Å². The van der Waals surface area contributed by atoms with Crippen LogP contribution in [-0.2, 0) is 17.6 Å². The van der Waals surface area contributed by atoms with E-state index in [4.69, 9.17) is 5.53 Å². The molecule has 19 heavy (non-hydrogen) atoms. The van der Waals surface area contributed by atoms with E-state index in [0.717, 1.165) is 11.1 Å². The van der Waals surface area contributed by atoms with Crippen molar-refractivity contribution in [2.75, 3.05) is 13.1 Å². The summed E-state index contributed by atoms with van der Waals surface area (Å²) in [5.41, 5.74) is 9.44. The van der Waals surface area contributed by atoms with Crippen molar-refractivity contribution in [1.29, 1.82) is 0 Å². The largest absolute Gasteiger partial charge is 0.480 e. The summed E-state index contributed by atoms with van der Waals surface area (Å²) in [7, 11) is 0. The number of fused-ring (bicyclic) bond motifs is 1. The van der Waals surface area contributed by atoms with E-state index in [1.807, 2.05) is 24.3 Å². The van der Waals surface area contributed by atoms with E-state index in [0.29, 0.717) is 32.4 Å². The van der Waals surface area contributed by atoms with Crippen molar-refractivity contribution in [3.05, 3.63) is 45.8 Å². The average Bonchev–Trinajstić information content (AvgIpc) is 2.78. The maximum Gasteiger partial charge on any atom is 0.324 e. The predicted molar refractivity (Wildman–Crippen MR) is 70.8 cm³/mol. The fourth-order valence-electron chi connectivity index (χ4n) is 2.49. The van der Waals surface area contributed by atoms with Crippen molar-refractivity contribution in [3.63, 3.8) is 0 Å². The first kappa shape index (κ1) is 13.4. The van der Waals surface area contributed by atoms with E-state index in [2.05, 4.69) is 15.3 Å². The molecule has 2 rings (SSSR count). The Bertz CT molecular complexity index is 498. The molecule has 0 unspecified atom stereocenters. The van der Waals surface area contributed by atoms with Gasteiger partial charge in [-0.05, 0) is 29.6 Å². The number of carboxylic acid groups (broad SMARTS) is 1. The van der Waals surface area contributed by atoms with Crippen LogP contribution in [-0.4, -0.2) is 29.7 Å². The maximum atomic E-state index is 11.6. The highest BCUT2D eigenvalue weighted by Gasteiger charge is 2.43. The van der Waals surface area contributed by atoms with E-state index in [1.54, 1.807) is 0 Å². The van der Waals surface area contributed by atoms with Crippen LogP contribution in [0.3, 0.4) is 0 Å². The molecule has 0 spiro atoms. The van der Waals surface area contributed by atoms with Gasteiger partial charge in [-0.3, -0.25) is 4.79 Å². The Morgan fingerprint density at radius 3 is 2.58 bits per heavy atom. The summed E-state index contributed by atoms with van der Waals surface area (Å²) in [5.74, 6) is -0.826. The van der Waals surface area contributed by atoms with Crippen molar-refractivity contribution < 1.29 is 9.90 Å². The molecule has 6 nitrogen and oxygen atoms in total. The highest BCUT2D eigenvalue weighted by molar-refractivity contribution is 5.81. The van der Waals surface area contributed by atoms with Gasteiger partial charge in [0.25, 0.3) is 0 Å². The zero-order chi connectivity index (χ0) is 13.7. The van der Waals surface area contributed by atoms with Gasteiger partial charge in [-0.15, -0.1) is 0 Å². The van der Waals surface area contributed by atoms with Crippen LogP contribution in [0.1, 0.15) is 17.5 Å². The summed E-state index contributed by atoms with van der Waals surface area (Å²) < 4.78 is 0. The van der Waals surface area contributed by atoms with E-state index in [9.17, 15) is 9.90 Å². The number of hydrogen-bond acceptors (Lipinski definition) is 3. The van der Waals surface area contributed by atoms with Crippen LogP contribution in [0.15, 0.2) is 29.4 Å². The third-order valence-corrected chi connectivity index (χ3v) is 3.47. The topological polar surface area (TPSA) is 98.1 Å². The van der Waals surface area contributed by atoms with Crippen molar-refractivity contribution in [3.8, 4) is 0 Å². The first-order valence-corrected chi connectivity index (χ1v) is 6.24. The number of aliphatic carboxylic acids is 1. The molecule has 1 aliphatic rings. The van der Waals surface area contributed by atoms with Gasteiger partial charge in [0, 0.05) is 24.3 Å². The Kier molecular flexibility index (Phi) is 4.04. The lowest BCUT2D eigenvalue weighted by Gasteiger charge is -2.25. The predicted octanol–water partition coefficient (Wildman–Crippen LogP) is 1.90. The standard InChI is InChI=1S/C13H16N4O2/c14-17-16-7-3-6-15-13(12(18)19)8-10-4-1-2-5-11(10)9-13/h1-2,4-5,15H,3,6-9H2,(H,18,19). The molecule has 0 radical (unpaired) electrons. The molecular weight excluding hydrogens is 244 g/mol. The highest BCUT2D eigenvalue weighted by Crippen LogP contribution is 2.30. The molecule has 0 aromatic heterocycles. The minimum Gasteiger partial charge on any atom is -0.480 e. The van der Waals surface area contributed by atoms with Gasteiger partial charge in [-0.25, -0.2) is 0 Å². The fourth-order valence-corrected chi connectivity index (χ4v) is 2.49. The second-order valence-corrected chi connectivity index (χ2v) is 4.74. The lowest BCUT2D eigenvalue weighted by Crippen LogP contribution is -2.53. The molecule has 2 N–H and O–H groups in total. The Balaban J connectivity index is 2.02. The van der Waals surface area contributed by atoms with Gasteiger partial charge in [-0.2, -0.15) is 0 Å². The minimum atomic E-state index is -0.917. The van der Waals surface area contributed by atoms with Crippen LogP contribution in [0.2, 0.25) is 0 Å². The van der Waals surface area contributed by atoms with Crippen LogP contribution in [0.5, 0.6) is 0 Å². The smallest absolute Gasteiger partial charge is 0.324 e. The molecule has 0 amide bonds. The number of benzene rings is 1. The molecule has 1 aromatic carbocycles. The van der Waals surface area contributed by atoms with Gasteiger partial charge in [-0.1, -0.05) is 29.4 Å². The summed E-state index contributed by atoms with van der Waals surface area (Å²) in [4.78, 5) is 14.2.